The Morgan fingerprint density at radius 3 is 2.53 bits per heavy atom. The number of alkyl halides is 3. The summed E-state index contributed by atoms with van der Waals surface area (Å²) in [6, 6.07) is 4.68. The molecule has 0 aliphatic heterocycles. The highest BCUT2D eigenvalue weighted by Crippen LogP contribution is 2.23. The SMILES string of the molecule is N#Cc1c(F)cccc1OCC(F)(F)F. The van der Waals surface area contributed by atoms with Crippen molar-refractivity contribution in [3.63, 3.8) is 0 Å². The third-order valence-electron chi connectivity index (χ3n) is 1.48. The highest BCUT2D eigenvalue weighted by molar-refractivity contribution is 5.43. The van der Waals surface area contributed by atoms with Crippen molar-refractivity contribution in [1.82, 2.24) is 0 Å². The van der Waals surface area contributed by atoms with Gasteiger partial charge >= 0.3 is 6.18 Å². The molecule has 2 nitrogen and oxygen atoms in total. The molecular weight excluding hydrogens is 214 g/mol. The van der Waals surface area contributed by atoms with Crippen LogP contribution < -0.4 is 4.74 Å². The highest BCUT2D eigenvalue weighted by Gasteiger charge is 2.29. The lowest BCUT2D eigenvalue weighted by atomic mass is 10.2. The molecule has 0 aromatic heterocycles. The first-order chi connectivity index (χ1) is 6.94. The van der Waals surface area contributed by atoms with Crippen LogP contribution in [-0.4, -0.2) is 12.8 Å². The molecule has 0 saturated heterocycles. The van der Waals surface area contributed by atoms with Crippen LogP contribution in [0.4, 0.5) is 17.6 Å². The summed E-state index contributed by atoms with van der Waals surface area (Å²) in [5, 5.41) is 8.48. The van der Waals surface area contributed by atoms with Gasteiger partial charge in [0.15, 0.2) is 6.61 Å². The minimum absolute atomic E-state index is 0.408. The summed E-state index contributed by atoms with van der Waals surface area (Å²) in [6.45, 7) is -1.55. The van der Waals surface area contributed by atoms with Crippen LogP contribution in [0.3, 0.4) is 0 Å². The predicted octanol–water partition coefficient (Wildman–Crippen LogP) is 2.64. The lowest BCUT2D eigenvalue weighted by Crippen LogP contribution is -2.19. The van der Waals surface area contributed by atoms with Crippen LogP contribution in [0.25, 0.3) is 0 Å². The predicted molar refractivity (Wildman–Crippen MR) is 42.7 cm³/mol. The summed E-state index contributed by atoms with van der Waals surface area (Å²) in [5.41, 5.74) is -0.526. The van der Waals surface area contributed by atoms with Gasteiger partial charge in [0.2, 0.25) is 0 Å². The summed E-state index contributed by atoms with van der Waals surface area (Å²) >= 11 is 0. The summed E-state index contributed by atoms with van der Waals surface area (Å²) in [6.07, 6.45) is -4.51. The number of hydrogen-bond donors (Lipinski definition) is 0. The Morgan fingerprint density at radius 1 is 1.33 bits per heavy atom. The number of benzene rings is 1. The maximum absolute atomic E-state index is 12.9. The van der Waals surface area contributed by atoms with E-state index in [0.29, 0.717) is 0 Å². The molecule has 0 saturated carbocycles. The lowest BCUT2D eigenvalue weighted by molar-refractivity contribution is -0.153. The lowest BCUT2D eigenvalue weighted by Gasteiger charge is -2.10. The van der Waals surface area contributed by atoms with E-state index in [9.17, 15) is 17.6 Å². The summed E-state index contributed by atoms with van der Waals surface area (Å²) in [4.78, 5) is 0. The molecule has 0 fully saturated rings. The van der Waals surface area contributed by atoms with Gasteiger partial charge in [0.25, 0.3) is 0 Å². The van der Waals surface area contributed by atoms with Gasteiger partial charge in [-0.05, 0) is 12.1 Å². The molecular formula is C9H5F4NO. The first kappa shape index (κ1) is 11.3. The fourth-order valence-corrected chi connectivity index (χ4v) is 0.893. The zero-order valence-corrected chi connectivity index (χ0v) is 7.31. The van der Waals surface area contributed by atoms with Gasteiger partial charge in [0.05, 0.1) is 0 Å². The van der Waals surface area contributed by atoms with Crippen molar-refractivity contribution in [2.45, 2.75) is 6.18 Å². The van der Waals surface area contributed by atoms with Crippen molar-refractivity contribution >= 4 is 0 Å². The van der Waals surface area contributed by atoms with E-state index in [1.807, 2.05) is 0 Å². The van der Waals surface area contributed by atoms with Crippen molar-refractivity contribution in [1.29, 1.82) is 5.26 Å². The van der Waals surface area contributed by atoms with Crippen molar-refractivity contribution in [3.8, 4) is 11.8 Å². The number of nitriles is 1. The third-order valence-corrected chi connectivity index (χ3v) is 1.48. The Bertz CT molecular complexity index is 394. The van der Waals surface area contributed by atoms with Crippen LogP contribution in [0.2, 0.25) is 0 Å². The minimum atomic E-state index is -4.51. The van der Waals surface area contributed by atoms with Gasteiger partial charge in [0.1, 0.15) is 23.2 Å². The van der Waals surface area contributed by atoms with Crippen LogP contribution in [0.15, 0.2) is 18.2 Å². The molecule has 80 valence electrons. The molecule has 0 unspecified atom stereocenters. The van der Waals surface area contributed by atoms with Crippen LogP contribution in [0.1, 0.15) is 5.56 Å². The monoisotopic (exact) mass is 219 g/mol. The van der Waals surface area contributed by atoms with E-state index in [4.69, 9.17) is 5.26 Å². The molecule has 0 amide bonds. The van der Waals surface area contributed by atoms with Gasteiger partial charge < -0.3 is 4.74 Å². The molecule has 0 aliphatic rings. The smallest absolute Gasteiger partial charge is 0.422 e. The zero-order valence-electron chi connectivity index (χ0n) is 7.31. The zero-order chi connectivity index (χ0) is 11.5. The third kappa shape index (κ3) is 3.13. The second-order valence-corrected chi connectivity index (χ2v) is 2.63. The van der Waals surface area contributed by atoms with E-state index in [0.717, 1.165) is 12.1 Å². The fraction of sp³-hybridized carbons (Fsp3) is 0.222. The second kappa shape index (κ2) is 4.17. The Balaban J connectivity index is 2.87. The minimum Gasteiger partial charge on any atom is -0.483 e. The molecule has 15 heavy (non-hydrogen) atoms. The van der Waals surface area contributed by atoms with Crippen molar-refractivity contribution in [3.05, 3.63) is 29.6 Å². The molecule has 0 aliphatic carbocycles. The number of nitrogens with zero attached hydrogens (tertiary/aromatic N) is 1. The van der Waals surface area contributed by atoms with Gasteiger partial charge in [-0.15, -0.1) is 0 Å². The Labute approximate surface area is 82.7 Å². The van der Waals surface area contributed by atoms with Crippen molar-refractivity contribution in [2.24, 2.45) is 0 Å². The average molecular weight is 219 g/mol. The normalized spacial score (nSPS) is 10.9. The first-order valence-corrected chi connectivity index (χ1v) is 3.82. The van der Waals surface area contributed by atoms with E-state index in [2.05, 4.69) is 4.74 Å². The van der Waals surface area contributed by atoms with E-state index >= 15 is 0 Å². The van der Waals surface area contributed by atoms with E-state index in [1.54, 1.807) is 0 Å². The molecule has 0 N–H and O–H groups in total. The second-order valence-electron chi connectivity index (χ2n) is 2.63. The van der Waals surface area contributed by atoms with Gasteiger partial charge in [-0.3, -0.25) is 0 Å². The number of rotatable bonds is 2. The van der Waals surface area contributed by atoms with Gasteiger partial charge in [-0.25, -0.2) is 4.39 Å². The quantitative estimate of drug-likeness (QED) is 0.716. The maximum atomic E-state index is 12.9. The van der Waals surface area contributed by atoms with Crippen molar-refractivity contribution in [2.75, 3.05) is 6.61 Å². The van der Waals surface area contributed by atoms with Crippen LogP contribution in [0.5, 0.6) is 5.75 Å². The summed E-state index contributed by atoms with van der Waals surface area (Å²) in [5.74, 6) is -1.31. The van der Waals surface area contributed by atoms with Gasteiger partial charge in [-0.2, -0.15) is 18.4 Å². The summed E-state index contributed by atoms with van der Waals surface area (Å²) in [7, 11) is 0. The average Bonchev–Trinajstić information content (AvgIpc) is 2.13. The highest BCUT2D eigenvalue weighted by atomic mass is 19.4. The molecule has 0 heterocycles. The Hall–Kier alpha value is -1.77. The first-order valence-electron chi connectivity index (χ1n) is 3.82. The van der Waals surface area contributed by atoms with E-state index in [-0.39, 0.29) is 0 Å². The van der Waals surface area contributed by atoms with Crippen molar-refractivity contribution < 1.29 is 22.3 Å². The van der Waals surface area contributed by atoms with Crippen LogP contribution >= 0.6 is 0 Å². The molecule has 0 bridgehead atoms. The molecule has 1 rings (SSSR count). The molecule has 0 atom stereocenters. The molecule has 0 radical (unpaired) electrons. The molecule has 1 aromatic carbocycles. The van der Waals surface area contributed by atoms with Gasteiger partial charge in [-0.1, -0.05) is 6.07 Å². The standard InChI is InChI=1S/C9H5F4NO/c10-7-2-1-3-8(6(7)4-14)15-5-9(11,12)13/h1-3H,5H2. The fourth-order valence-electron chi connectivity index (χ4n) is 0.893. The topological polar surface area (TPSA) is 33.0 Å². The molecule has 1 aromatic rings. The van der Waals surface area contributed by atoms with E-state index < -0.39 is 29.9 Å². The molecule has 0 spiro atoms. The Kier molecular flexibility index (Phi) is 3.14. The molecule has 6 heteroatoms. The number of hydrogen-bond acceptors (Lipinski definition) is 2. The number of ether oxygens (including phenoxy) is 1. The maximum Gasteiger partial charge on any atom is 0.422 e. The van der Waals surface area contributed by atoms with Crippen LogP contribution in [0, 0.1) is 17.1 Å². The van der Waals surface area contributed by atoms with E-state index in [1.165, 1.54) is 12.1 Å². The Morgan fingerprint density at radius 2 is 2.00 bits per heavy atom. The van der Waals surface area contributed by atoms with Gasteiger partial charge in [0, 0.05) is 0 Å². The largest absolute Gasteiger partial charge is 0.483 e. The summed E-state index contributed by atoms with van der Waals surface area (Å²) < 4.78 is 52.5. The number of halogens is 4. The van der Waals surface area contributed by atoms with Crippen LogP contribution in [-0.2, 0) is 0 Å².